The van der Waals surface area contributed by atoms with Crippen LogP contribution in [0, 0.1) is 6.92 Å². The summed E-state index contributed by atoms with van der Waals surface area (Å²) in [5, 5.41) is 3.30. The summed E-state index contributed by atoms with van der Waals surface area (Å²) in [6.07, 6.45) is 6.65. The van der Waals surface area contributed by atoms with Crippen LogP contribution >= 0.6 is 11.6 Å². The number of aryl methyl sites for hydroxylation is 1. The van der Waals surface area contributed by atoms with E-state index in [2.05, 4.69) is 25.3 Å². The van der Waals surface area contributed by atoms with Crippen LogP contribution in [-0.4, -0.2) is 25.8 Å². The first-order chi connectivity index (χ1) is 12.4. The van der Waals surface area contributed by atoms with E-state index in [-0.39, 0.29) is 5.91 Å². The third-order valence-corrected chi connectivity index (χ3v) is 4.78. The van der Waals surface area contributed by atoms with Crippen LogP contribution in [0.3, 0.4) is 0 Å². The fourth-order valence-corrected chi connectivity index (χ4v) is 3.27. The number of nitrogens with one attached hydrogen (secondary N) is 1. The Labute approximate surface area is 155 Å². The lowest BCUT2D eigenvalue weighted by molar-refractivity contribution is -0.119. The summed E-state index contributed by atoms with van der Waals surface area (Å²) >= 11 is 5.88. The summed E-state index contributed by atoms with van der Waals surface area (Å²) in [6, 6.07) is 3.94. The predicted octanol–water partition coefficient (Wildman–Crippen LogP) is 3.79. The molecule has 0 unspecified atom stereocenters. The van der Waals surface area contributed by atoms with Crippen LogP contribution in [0.15, 0.2) is 36.9 Å². The number of carbonyl (C=O) groups is 1. The molecule has 1 aromatic carbocycles. The number of carbonyl (C=O) groups excluding carboxylic acids is 1. The maximum atomic E-state index is 12.5. The highest BCUT2D eigenvalue weighted by molar-refractivity contribution is 6.29. The number of rotatable bonds is 2. The number of halogens is 1. The largest absolute Gasteiger partial charge is 0.325 e. The van der Waals surface area contributed by atoms with Gasteiger partial charge in [-0.3, -0.25) is 9.78 Å². The molecule has 0 saturated carbocycles. The summed E-state index contributed by atoms with van der Waals surface area (Å²) in [5.74, 6) is 0.654. The number of hydrogen-bond donors (Lipinski definition) is 1. The molecule has 130 valence electrons. The molecule has 0 aliphatic carbocycles. The zero-order chi connectivity index (χ0) is 18.5. The quantitative estimate of drug-likeness (QED) is 0.747. The van der Waals surface area contributed by atoms with E-state index in [1.54, 1.807) is 18.6 Å². The minimum Gasteiger partial charge on any atom is -0.325 e. The second kappa shape index (κ2) is 5.85. The fraction of sp³-hybridized carbons (Fsp3) is 0.211. The standard InChI is InChI=1S/C19H16ClN5O/c1-10-21-6-12(7-22-10)11-4-13(15-8-24-16(20)9-23-15)17-14(5-11)25-18(26)19(17,2)3/h4-9H,1-3H3,(H,25,26). The fourth-order valence-electron chi connectivity index (χ4n) is 3.17. The summed E-state index contributed by atoms with van der Waals surface area (Å²) in [7, 11) is 0. The summed E-state index contributed by atoms with van der Waals surface area (Å²) in [6.45, 7) is 5.63. The molecule has 4 rings (SSSR count). The third kappa shape index (κ3) is 2.63. The van der Waals surface area contributed by atoms with Gasteiger partial charge in [0.2, 0.25) is 5.91 Å². The maximum Gasteiger partial charge on any atom is 0.234 e. The Morgan fingerprint density at radius 1 is 0.962 bits per heavy atom. The second-order valence-electron chi connectivity index (χ2n) is 6.77. The number of amides is 1. The molecule has 1 N–H and O–H groups in total. The Morgan fingerprint density at radius 2 is 1.69 bits per heavy atom. The van der Waals surface area contributed by atoms with E-state index in [0.29, 0.717) is 16.7 Å². The van der Waals surface area contributed by atoms with Crippen molar-refractivity contribution >= 4 is 23.2 Å². The summed E-state index contributed by atoms with van der Waals surface area (Å²) < 4.78 is 0. The maximum absolute atomic E-state index is 12.5. The van der Waals surface area contributed by atoms with Gasteiger partial charge in [-0.05, 0) is 38.5 Å². The highest BCUT2D eigenvalue weighted by atomic mass is 35.5. The minimum atomic E-state index is -0.672. The zero-order valence-electron chi connectivity index (χ0n) is 14.5. The van der Waals surface area contributed by atoms with E-state index in [0.717, 1.165) is 27.9 Å². The van der Waals surface area contributed by atoms with Gasteiger partial charge < -0.3 is 5.32 Å². The minimum absolute atomic E-state index is 0.0482. The normalized spacial score (nSPS) is 14.8. The third-order valence-electron chi connectivity index (χ3n) is 4.59. The Balaban J connectivity index is 1.97. The molecule has 1 amide bonds. The molecule has 26 heavy (non-hydrogen) atoms. The van der Waals surface area contributed by atoms with Crippen molar-refractivity contribution in [3.05, 3.63) is 53.5 Å². The first-order valence-corrected chi connectivity index (χ1v) is 8.51. The van der Waals surface area contributed by atoms with Gasteiger partial charge in [-0.25, -0.2) is 15.0 Å². The van der Waals surface area contributed by atoms with Crippen molar-refractivity contribution in [1.29, 1.82) is 0 Å². The van der Waals surface area contributed by atoms with Crippen LogP contribution in [0.2, 0.25) is 5.15 Å². The van der Waals surface area contributed by atoms with Crippen molar-refractivity contribution in [2.45, 2.75) is 26.2 Å². The Morgan fingerprint density at radius 3 is 2.35 bits per heavy atom. The molecule has 0 saturated heterocycles. The molecule has 7 heteroatoms. The van der Waals surface area contributed by atoms with E-state index in [4.69, 9.17) is 11.6 Å². The molecule has 3 aromatic rings. The molecule has 3 heterocycles. The SMILES string of the molecule is Cc1ncc(-c2cc3c(c(-c4cnc(Cl)cn4)c2)C(C)(C)C(=O)N3)cn1. The molecule has 0 spiro atoms. The van der Waals surface area contributed by atoms with Gasteiger partial charge in [0.1, 0.15) is 11.0 Å². The van der Waals surface area contributed by atoms with Gasteiger partial charge >= 0.3 is 0 Å². The number of nitrogens with zero attached hydrogens (tertiary/aromatic N) is 4. The van der Waals surface area contributed by atoms with E-state index in [1.807, 2.05) is 32.9 Å². The molecule has 2 aromatic heterocycles. The number of benzene rings is 1. The van der Waals surface area contributed by atoms with Gasteiger partial charge in [0, 0.05) is 34.8 Å². The first kappa shape index (κ1) is 16.6. The van der Waals surface area contributed by atoms with Crippen LogP contribution in [0.25, 0.3) is 22.4 Å². The Bertz CT molecular complexity index is 1010. The van der Waals surface area contributed by atoms with Crippen molar-refractivity contribution in [2.24, 2.45) is 0 Å². The molecule has 1 aliphatic heterocycles. The smallest absolute Gasteiger partial charge is 0.234 e. The highest BCUT2D eigenvalue weighted by Gasteiger charge is 2.41. The number of hydrogen-bond acceptors (Lipinski definition) is 5. The molecule has 0 bridgehead atoms. The van der Waals surface area contributed by atoms with Gasteiger partial charge in [-0.1, -0.05) is 11.6 Å². The van der Waals surface area contributed by atoms with Crippen LogP contribution in [0.4, 0.5) is 5.69 Å². The van der Waals surface area contributed by atoms with E-state index < -0.39 is 5.41 Å². The molecule has 6 nitrogen and oxygen atoms in total. The topological polar surface area (TPSA) is 80.7 Å². The summed E-state index contributed by atoms with van der Waals surface area (Å²) in [5.41, 5.74) is 4.25. The molecule has 1 aliphatic rings. The van der Waals surface area contributed by atoms with Gasteiger partial charge in [0.05, 0.1) is 23.5 Å². The second-order valence-corrected chi connectivity index (χ2v) is 7.16. The molecule has 0 radical (unpaired) electrons. The van der Waals surface area contributed by atoms with E-state index >= 15 is 0 Å². The van der Waals surface area contributed by atoms with Crippen molar-refractivity contribution in [3.63, 3.8) is 0 Å². The lowest BCUT2D eigenvalue weighted by Crippen LogP contribution is -2.27. The van der Waals surface area contributed by atoms with Crippen LogP contribution in [0.1, 0.15) is 25.2 Å². The van der Waals surface area contributed by atoms with Gasteiger partial charge in [0.15, 0.2) is 0 Å². The van der Waals surface area contributed by atoms with Crippen LogP contribution < -0.4 is 5.32 Å². The van der Waals surface area contributed by atoms with Crippen molar-refractivity contribution in [2.75, 3.05) is 5.32 Å². The van der Waals surface area contributed by atoms with Crippen LogP contribution in [0.5, 0.6) is 0 Å². The molecule has 0 fully saturated rings. The monoisotopic (exact) mass is 365 g/mol. The van der Waals surface area contributed by atoms with E-state index in [9.17, 15) is 4.79 Å². The average Bonchev–Trinajstić information content (AvgIpc) is 2.85. The lowest BCUT2D eigenvalue weighted by Gasteiger charge is -2.19. The van der Waals surface area contributed by atoms with Crippen molar-refractivity contribution in [3.8, 4) is 22.4 Å². The molecular weight excluding hydrogens is 350 g/mol. The number of aromatic nitrogens is 4. The van der Waals surface area contributed by atoms with Crippen LogP contribution in [-0.2, 0) is 10.2 Å². The first-order valence-electron chi connectivity index (χ1n) is 8.13. The van der Waals surface area contributed by atoms with Crippen molar-refractivity contribution < 1.29 is 4.79 Å². The zero-order valence-corrected chi connectivity index (χ0v) is 15.3. The number of fused-ring (bicyclic) bond motifs is 1. The van der Waals surface area contributed by atoms with E-state index in [1.165, 1.54) is 6.20 Å². The Kier molecular flexibility index (Phi) is 3.73. The molecular formula is C19H16ClN5O. The lowest BCUT2D eigenvalue weighted by atomic mass is 9.81. The predicted molar refractivity (Wildman–Crippen MR) is 99.9 cm³/mol. The van der Waals surface area contributed by atoms with Gasteiger partial charge in [0.25, 0.3) is 0 Å². The highest BCUT2D eigenvalue weighted by Crippen LogP contribution is 2.45. The van der Waals surface area contributed by atoms with Gasteiger partial charge in [-0.15, -0.1) is 0 Å². The number of anilines is 1. The Hall–Kier alpha value is -2.86. The molecule has 0 atom stereocenters. The van der Waals surface area contributed by atoms with Crippen molar-refractivity contribution in [1.82, 2.24) is 19.9 Å². The summed E-state index contributed by atoms with van der Waals surface area (Å²) in [4.78, 5) is 29.6. The van der Waals surface area contributed by atoms with Gasteiger partial charge in [-0.2, -0.15) is 0 Å². The average molecular weight is 366 g/mol.